The van der Waals surface area contributed by atoms with Gasteiger partial charge in [0, 0.05) is 16.1 Å². The molecule has 1 amide bonds. The number of carbonyl (C=O) groups excluding carboxylic acids is 1. The minimum atomic E-state index is -0.220. The smallest absolute Gasteiger partial charge is 0.262 e. The fraction of sp³-hybridized carbons (Fsp3) is 0.111. The van der Waals surface area contributed by atoms with E-state index in [2.05, 4.69) is 26.2 Å². The number of rotatable bonds is 4. The topological polar surface area (TPSA) is 51.2 Å². The van der Waals surface area contributed by atoms with Crippen molar-refractivity contribution in [3.8, 4) is 5.75 Å². The maximum Gasteiger partial charge on any atom is 0.262 e. The number of hydrogen-bond acceptors (Lipinski definition) is 3. The van der Waals surface area contributed by atoms with Crippen molar-refractivity contribution in [2.24, 2.45) is 0 Å². The van der Waals surface area contributed by atoms with Gasteiger partial charge in [-0.05, 0) is 52.7 Å². The third kappa shape index (κ3) is 3.68. The highest BCUT2D eigenvalue weighted by Gasteiger charge is 2.08. The zero-order valence-corrected chi connectivity index (χ0v) is 14.1. The van der Waals surface area contributed by atoms with Gasteiger partial charge in [-0.3, -0.25) is 9.78 Å². The molecule has 4 nitrogen and oxygen atoms in total. The summed E-state index contributed by atoms with van der Waals surface area (Å²) < 4.78 is 6.47. The second-order valence-corrected chi connectivity index (χ2v) is 6.01. The summed E-state index contributed by atoms with van der Waals surface area (Å²) in [6.45, 7) is 1.92. The number of aryl methyl sites for hydroxylation is 1. The van der Waals surface area contributed by atoms with E-state index >= 15 is 0 Å². The van der Waals surface area contributed by atoms with Crippen LogP contribution in [-0.4, -0.2) is 17.5 Å². The van der Waals surface area contributed by atoms with Crippen LogP contribution >= 0.6 is 15.9 Å². The van der Waals surface area contributed by atoms with Gasteiger partial charge in [0.05, 0.1) is 5.69 Å². The molecule has 116 valence electrons. The molecule has 0 fully saturated rings. The summed E-state index contributed by atoms with van der Waals surface area (Å²) in [4.78, 5) is 16.4. The summed E-state index contributed by atoms with van der Waals surface area (Å²) in [6.07, 6.45) is 1.71. The van der Waals surface area contributed by atoms with E-state index in [-0.39, 0.29) is 12.5 Å². The Bertz CT molecular complexity index is 859. The number of benzene rings is 2. The first-order valence-electron chi connectivity index (χ1n) is 7.16. The van der Waals surface area contributed by atoms with E-state index in [9.17, 15) is 4.79 Å². The number of anilines is 1. The first-order valence-corrected chi connectivity index (χ1v) is 7.95. The fourth-order valence-electron chi connectivity index (χ4n) is 2.24. The van der Waals surface area contributed by atoms with Crippen LogP contribution in [0, 0.1) is 6.92 Å². The predicted octanol–water partition coefficient (Wildman–Crippen LogP) is 4.32. The summed E-state index contributed by atoms with van der Waals surface area (Å²) in [5.41, 5.74) is 2.59. The lowest BCUT2D eigenvalue weighted by molar-refractivity contribution is -0.118. The Morgan fingerprint density at radius 2 is 2.04 bits per heavy atom. The molecule has 23 heavy (non-hydrogen) atoms. The van der Waals surface area contributed by atoms with Crippen molar-refractivity contribution >= 4 is 38.4 Å². The number of fused-ring (bicyclic) bond motifs is 1. The van der Waals surface area contributed by atoms with Gasteiger partial charge in [-0.15, -0.1) is 0 Å². The van der Waals surface area contributed by atoms with Gasteiger partial charge in [0.25, 0.3) is 5.91 Å². The number of pyridine rings is 1. The third-order valence-electron chi connectivity index (χ3n) is 3.35. The SMILES string of the molecule is Cc1ccc(NC(=O)COc2cccc3cccnc23)c(Br)c1. The van der Waals surface area contributed by atoms with E-state index in [1.807, 2.05) is 55.5 Å². The second-order valence-electron chi connectivity index (χ2n) is 5.15. The molecule has 0 bridgehead atoms. The molecule has 0 aliphatic rings. The molecule has 0 aliphatic carbocycles. The van der Waals surface area contributed by atoms with Crippen molar-refractivity contribution in [3.05, 3.63) is 64.8 Å². The number of halogens is 1. The van der Waals surface area contributed by atoms with E-state index in [0.717, 1.165) is 26.6 Å². The number of hydrogen-bond donors (Lipinski definition) is 1. The molecule has 3 rings (SSSR count). The fourth-order valence-corrected chi connectivity index (χ4v) is 2.84. The Morgan fingerprint density at radius 1 is 1.22 bits per heavy atom. The highest BCUT2D eigenvalue weighted by Crippen LogP contribution is 2.24. The predicted molar refractivity (Wildman–Crippen MR) is 94.7 cm³/mol. The van der Waals surface area contributed by atoms with Crippen LogP contribution in [0.5, 0.6) is 5.75 Å². The van der Waals surface area contributed by atoms with Gasteiger partial charge >= 0.3 is 0 Å². The Hall–Kier alpha value is -2.40. The van der Waals surface area contributed by atoms with Gasteiger partial charge < -0.3 is 10.1 Å². The molecule has 1 N–H and O–H groups in total. The zero-order valence-electron chi connectivity index (χ0n) is 12.5. The molecule has 0 saturated carbocycles. The summed E-state index contributed by atoms with van der Waals surface area (Å²) in [7, 11) is 0. The van der Waals surface area contributed by atoms with E-state index in [0.29, 0.717) is 5.75 Å². The van der Waals surface area contributed by atoms with Crippen molar-refractivity contribution in [2.45, 2.75) is 6.92 Å². The summed E-state index contributed by atoms with van der Waals surface area (Å²) >= 11 is 3.44. The Kier molecular flexibility index (Phi) is 4.57. The van der Waals surface area contributed by atoms with Gasteiger partial charge in [-0.2, -0.15) is 0 Å². The van der Waals surface area contributed by atoms with Gasteiger partial charge in [0.1, 0.15) is 11.3 Å². The zero-order chi connectivity index (χ0) is 16.2. The van der Waals surface area contributed by atoms with Gasteiger partial charge in [-0.25, -0.2) is 0 Å². The number of nitrogens with one attached hydrogen (secondary N) is 1. The highest BCUT2D eigenvalue weighted by atomic mass is 79.9. The minimum absolute atomic E-state index is 0.0734. The second kappa shape index (κ2) is 6.79. The molecule has 0 spiro atoms. The first-order chi connectivity index (χ1) is 11.1. The summed E-state index contributed by atoms with van der Waals surface area (Å²) in [5, 5.41) is 3.80. The lowest BCUT2D eigenvalue weighted by atomic mass is 10.2. The number of nitrogens with zero attached hydrogens (tertiary/aromatic N) is 1. The molecule has 0 radical (unpaired) electrons. The van der Waals surface area contributed by atoms with Crippen LogP contribution in [0.25, 0.3) is 10.9 Å². The Morgan fingerprint density at radius 3 is 2.87 bits per heavy atom. The van der Waals surface area contributed by atoms with E-state index in [1.54, 1.807) is 6.20 Å². The molecule has 3 aromatic rings. The standard InChI is InChI=1S/C18H15BrN2O2/c1-12-7-8-15(14(19)10-12)21-17(22)11-23-16-6-2-4-13-5-3-9-20-18(13)16/h2-10H,11H2,1H3,(H,21,22). The van der Waals surface area contributed by atoms with Gasteiger partial charge in [-0.1, -0.05) is 24.3 Å². The van der Waals surface area contributed by atoms with Gasteiger partial charge in [0.2, 0.25) is 0 Å². The number of carbonyl (C=O) groups is 1. The number of para-hydroxylation sites is 1. The Labute approximate surface area is 142 Å². The molecular formula is C18H15BrN2O2. The maximum absolute atomic E-state index is 12.1. The van der Waals surface area contributed by atoms with E-state index in [1.165, 1.54) is 0 Å². The number of aromatic nitrogens is 1. The van der Waals surface area contributed by atoms with Gasteiger partial charge in [0.15, 0.2) is 6.61 Å². The molecular weight excluding hydrogens is 356 g/mol. The van der Waals surface area contributed by atoms with Crippen molar-refractivity contribution in [3.63, 3.8) is 0 Å². The van der Waals surface area contributed by atoms with Crippen LogP contribution in [0.4, 0.5) is 5.69 Å². The molecule has 5 heteroatoms. The van der Waals surface area contributed by atoms with Crippen LogP contribution in [-0.2, 0) is 4.79 Å². The van der Waals surface area contributed by atoms with Crippen molar-refractivity contribution in [1.29, 1.82) is 0 Å². The minimum Gasteiger partial charge on any atom is -0.481 e. The largest absolute Gasteiger partial charge is 0.481 e. The lowest BCUT2D eigenvalue weighted by Crippen LogP contribution is -2.20. The van der Waals surface area contributed by atoms with Crippen molar-refractivity contribution in [1.82, 2.24) is 4.98 Å². The quantitative estimate of drug-likeness (QED) is 0.743. The summed E-state index contributed by atoms with van der Waals surface area (Å²) in [5.74, 6) is 0.378. The third-order valence-corrected chi connectivity index (χ3v) is 4.01. The molecule has 0 saturated heterocycles. The number of ether oxygens (including phenoxy) is 1. The van der Waals surface area contributed by atoms with Crippen LogP contribution in [0.1, 0.15) is 5.56 Å². The normalized spacial score (nSPS) is 10.5. The molecule has 0 atom stereocenters. The number of amides is 1. The lowest BCUT2D eigenvalue weighted by Gasteiger charge is -2.10. The Balaban J connectivity index is 1.69. The van der Waals surface area contributed by atoms with Crippen LogP contribution in [0.3, 0.4) is 0 Å². The van der Waals surface area contributed by atoms with Crippen LogP contribution in [0.2, 0.25) is 0 Å². The highest BCUT2D eigenvalue weighted by molar-refractivity contribution is 9.10. The molecule has 1 heterocycles. The molecule has 0 aliphatic heterocycles. The monoisotopic (exact) mass is 370 g/mol. The van der Waals surface area contributed by atoms with Crippen molar-refractivity contribution in [2.75, 3.05) is 11.9 Å². The summed E-state index contributed by atoms with van der Waals surface area (Å²) in [6, 6.07) is 15.2. The van der Waals surface area contributed by atoms with E-state index in [4.69, 9.17) is 4.74 Å². The molecule has 0 unspecified atom stereocenters. The van der Waals surface area contributed by atoms with E-state index < -0.39 is 0 Å². The van der Waals surface area contributed by atoms with Crippen molar-refractivity contribution < 1.29 is 9.53 Å². The van der Waals surface area contributed by atoms with Crippen LogP contribution < -0.4 is 10.1 Å². The average Bonchev–Trinajstić information content (AvgIpc) is 2.55. The maximum atomic E-state index is 12.1. The van der Waals surface area contributed by atoms with Crippen LogP contribution in [0.15, 0.2) is 59.2 Å². The average molecular weight is 371 g/mol. The first kappa shape index (κ1) is 15.5. The molecule has 1 aromatic heterocycles. The molecule has 2 aromatic carbocycles.